The molecule has 6 heteroatoms. The number of halogens is 2. The number of rotatable bonds is 4. The topological polar surface area (TPSA) is 66.4 Å². The van der Waals surface area contributed by atoms with Gasteiger partial charge in [0.15, 0.2) is 0 Å². The molecule has 4 nitrogen and oxygen atoms in total. The Bertz CT molecular complexity index is 659. The van der Waals surface area contributed by atoms with Gasteiger partial charge in [0.2, 0.25) is 5.91 Å². The molecule has 4 atom stereocenters. The van der Waals surface area contributed by atoms with Gasteiger partial charge < -0.3 is 10.4 Å². The van der Waals surface area contributed by atoms with E-state index in [0.717, 1.165) is 12.0 Å². The van der Waals surface area contributed by atoms with Crippen LogP contribution in [0.5, 0.6) is 0 Å². The van der Waals surface area contributed by atoms with Crippen molar-refractivity contribution >= 4 is 35.1 Å². The Morgan fingerprint density at radius 3 is 2.45 bits per heavy atom. The van der Waals surface area contributed by atoms with E-state index < -0.39 is 17.8 Å². The highest BCUT2D eigenvalue weighted by molar-refractivity contribution is 6.42. The van der Waals surface area contributed by atoms with E-state index in [0.29, 0.717) is 16.6 Å². The van der Waals surface area contributed by atoms with Crippen LogP contribution < -0.4 is 5.32 Å². The lowest BCUT2D eigenvalue weighted by molar-refractivity contribution is -0.147. The van der Waals surface area contributed by atoms with Crippen LogP contribution in [0.1, 0.15) is 12.0 Å². The highest BCUT2D eigenvalue weighted by Gasteiger charge is 2.51. The van der Waals surface area contributed by atoms with Gasteiger partial charge in [0.05, 0.1) is 21.9 Å². The molecule has 116 valence electrons. The van der Waals surface area contributed by atoms with Crippen LogP contribution in [0.3, 0.4) is 0 Å². The average Bonchev–Trinajstić information content (AvgIpc) is 3.08. The van der Waals surface area contributed by atoms with Gasteiger partial charge in [-0.25, -0.2) is 0 Å². The maximum absolute atomic E-state index is 12.4. The number of hydrogen-bond acceptors (Lipinski definition) is 2. The molecule has 2 aliphatic carbocycles. The van der Waals surface area contributed by atoms with E-state index in [1.165, 1.54) is 0 Å². The molecule has 0 radical (unpaired) electrons. The van der Waals surface area contributed by atoms with Crippen LogP contribution in [0.4, 0.5) is 0 Å². The second-order valence-corrected chi connectivity index (χ2v) is 6.62. The summed E-state index contributed by atoms with van der Waals surface area (Å²) in [5.74, 6) is -2.22. The fourth-order valence-electron chi connectivity index (χ4n) is 3.47. The lowest BCUT2D eigenvalue weighted by Crippen LogP contribution is -2.39. The Kier molecular flexibility index (Phi) is 4.15. The number of aliphatic carboxylic acids is 1. The molecule has 1 fully saturated rings. The second-order valence-electron chi connectivity index (χ2n) is 5.80. The number of carboxylic acid groups (broad SMARTS) is 1. The number of allylic oxidation sites excluding steroid dienone is 2. The molecule has 0 aromatic heterocycles. The molecule has 2 bridgehead atoms. The molecule has 0 saturated heterocycles. The highest BCUT2D eigenvalue weighted by Crippen LogP contribution is 2.48. The van der Waals surface area contributed by atoms with Gasteiger partial charge in [-0.2, -0.15) is 0 Å². The summed E-state index contributed by atoms with van der Waals surface area (Å²) in [6.45, 7) is 0.305. The van der Waals surface area contributed by atoms with E-state index >= 15 is 0 Å². The van der Waals surface area contributed by atoms with Gasteiger partial charge in [0.25, 0.3) is 0 Å². The van der Waals surface area contributed by atoms with E-state index in [1.807, 2.05) is 12.2 Å². The van der Waals surface area contributed by atoms with Crippen LogP contribution in [-0.2, 0) is 16.1 Å². The minimum Gasteiger partial charge on any atom is -0.481 e. The van der Waals surface area contributed by atoms with Crippen molar-refractivity contribution in [2.24, 2.45) is 23.7 Å². The molecule has 1 amide bonds. The Morgan fingerprint density at radius 2 is 1.82 bits per heavy atom. The number of benzene rings is 1. The van der Waals surface area contributed by atoms with Crippen LogP contribution in [-0.4, -0.2) is 17.0 Å². The number of amides is 1. The normalized spacial score (nSPS) is 28.8. The number of carboxylic acids is 1. The summed E-state index contributed by atoms with van der Waals surface area (Å²) in [5.41, 5.74) is 0.827. The summed E-state index contributed by atoms with van der Waals surface area (Å²) in [5, 5.41) is 13.1. The first-order valence-corrected chi connectivity index (χ1v) is 7.85. The molecular weight excluding hydrogens is 325 g/mol. The predicted octanol–water partition coefficient (Wildman–Crippen LogP) is 3.13. The Balaban J connectivity index is 1.68. The average molecular weight is 340 g/mol. The van der Waals surface area contributed by atoms with E-state index in [1.54, 1.807) is 18.2 Å². The van der Waals surface area contributed by atoms with Crippen LogP contribution in [0.2, 0.25) is 10.0 Å². The molecule has 22 heavy (non-hydrogen) atoms. The molecular formula is C16H15Cl2NO3. The highest BCUT2D eigenvalue weighted by atomic mass is 35.5. The zero-order valence-corrected chi connectivity index (χ0v) is 13.1. The largest absolute Gasteiger partial charge is 0.481 e. The molecule has 1 saturated carbocycles. The quantitative estimate of drug-likeness (QED) is 0.828. The minimum absolute atomic E-state index is 0.0248. The summed E-state index contributed by atoms with van der Waals surface area (Å²) in [4.78, 5) is 23.8. The lowest BCUT2D eigenvalue weighted by atomic mass is 9.82. The number of carbonyl (C=O) groups is 2. The van der Waals surface area contributed by atoms with Gasteiger partial charge in [-0.05, 0) is 36.0 Å². The number of nitrogens with one attached hydrogen (secondary N) is 1. The van der Waals surface area contributed by atoms with Gasteiger partial charge >= 0.3 is 5.97 Å². The second kappa shape index (κ2) is 5.94. The first-order valence-electron chi connectivity index (χ1n) is 7.10. The maximum atomic E-state index is 12.4. The first kappa shape index (κ1) is 15.4. The molecule has 0 aliphatic heterocycles. The lowest BCUT2D eigenvalue weighted by Gasteiger charge is -2.23. The van der Waals surface area contributed by atoms with E-state index in [9.17, 15) is 14.7 Å². The fourth-order valence-corrected chi connectivity index (χ4v) is 3.79. The van der Waals surface area contributed by atoms with Crippen molar-refractivity contribution in [2.75, 3.05) is 0 Å². The molecule has 2 aliphatic rings. The summed E-state index contributed by atoms with van der Waals surface area (Å²) >= 11 is 11.8. The number of carbonyl (C=O) groups excluding carboxylic acids is 1. The Hall–Kier alpha value is -1.52. The van der Waals surface area contributed by atoms with Crippen LogP contribution >= 0.6 is 23.2 Å². The minimum atomic E-state index is -0.897. The predicted molar refractivity (Wildman–Crippen MR) is 83.7 cm³/mol. The van der Waals surface area contributed by atoms with Gasteiger partial charge in [0.1, 0.15) is 0 Å². The molecule has 1 aromatic carbocycles. The third-order valence-electron chi connectivity index (χ3n) is 4.50. The van der Waals surface area contributed by atoms with Crippen molar-refractivity contribution in [2.45, 2.75) is 13.0 Å². The molecule has 2 N–H and O–H groups in total. The molecule has 1 aromatic rings. The van der Waals surface area contributed by atoms with Gasteiger partial charge in [-0.3, -0.25) is 9.59 Å². The monoisotopic (exact) mass is 339 g/mol. The smallest absolute Gasteiger partial charge is 0.307 e. The first-order chi connectivity index (χ1) is 10.5. The third kappa shape index (κ3) is 2.73. The fraction of sp³-hybridized carbons (Fsp3) is 0.375. The standard InChI is InChI=1S/C16H15Cl2NO3/c17-11-4-1-8(5-12(11)18)7-19-15(20)13-9-2-3-10(6-9)14(13)16(21)22/h1-5,9-10,13-14H,6-7H2,(H,19,20)(H,21,22)/t9-,10-,13+,14+/m0/s1. The molecule has 3 rings (SSSR count). The number of hydrogen-bond donors (Lipinski definition) is 2. The van der Waals surface area contributed by atoms with Crippen molar-refractivity contribution in [3.8, 4) is 0 Å². The van der Waals surface area contributed by atoms with Crippen molar-refractivity contribution in [3.05, 3.63) is 46.0 Å². The molecule has 0 heterocycles. The molecule has 0 unspecified atom stereocenters. The third-order valence-corrected chi connectivity index (χ3v) is 5.24. The van der Waals surface area contributed by atoms with Crippen molar-refractivity contribution in [1.29, 1.82) is 0 Å². The van der Waals surface area contributed by atoms with Crippen molar-refractivity contribution < 1.29 is 14.7 Å². The molecule has 0 spiro atoms. The summed E-state index contributed by atoms with van der Waals surface area (Å²) in [7, 11) is 0. The SMILES string of the molecule is O=C(O)[C@H]1[C@H](C(=O)NCc2ccc(Cl)c(Cl)c2)[C@H]2C=C[C@H]1C2. The van der Waals surface area contributed by atoms with Crippen molar-refractivity contribution in [1.82, 2.24) is 5.32 Å². The van der Waals surface area contributed by atoms with E-state index in [2.05, 4.69) is 5.32 Å². The Labute approximate surface area is 138 Å². The summed E-state index contributed by atoms with van der Waals surface area (Å²) in [6, 6.07) is 5.15. The zero-order valence-electron chi connectivity index (χ0n) is 11.6. The maximum Gasteiger partial charge on any atom is 0.307 e. The van der Waals surface area contributed by atoms with Gasteiger partial charge in [0, 0.05) is 6.54 Å². The summed E-state index contributed by atoms with van der Waals surface area (Å²) < 4.78 is 0. The Morgan fingerprint density at radius 1 is 1.14 bits per heavy atom. The van der Waals surface area contributed by atoms with E-state index in [4.69, 9.17) is 23.2 Å². The van der Waals surface area contributed by atoms with Crippen LogP contribution in [0.15, 0.2) is 30.4 Å². The van der Waals surface area contributed by atoms with Crippen LogP contribution in [0.25, 0.3) is 0 Å². The number of fused-ring (bicyclic) bond motifs is 2. The van der Waals surface area contributed by atoms with E-state index in [-0.39, 0.29) is 17.7 Å². The zero-order chi connectivity index (χ0) is 15.9. The van der Waals surface area contributed by atoms with Crippen molar-refractivity contribution in [3.63, 3.8) is 0 Å². The van der Waals surface area contributed by atoms with Crippen LogP contribution in [0, 0.1) is 23.7 Å². The summed E-state index contributed by atoms with van der Waals surface area (Å²) in [6.07, 6.45) is 4.64. The van der Waals surface area contributed by atoms with Gasteiger partial charge in [-0.15, -0.1) is 0 Å². The van der Waals surface area contributed by atoms with Gasteiger partial charge in [-0.1, -0.05) is 41.4 Å².